The average molecular weight is 269 g/mol. The summed E-state index contributed by atoms with van der Waals surface area (Å²) in [5.74, 6) is 0.400. The second-order valence-electron chi connectivity index (χ2n) is 4.75. The molecule has 4 nitrogen and oxygen atoms in total. The normalized spacial score (nSPS) is 18.8. The number of methoxy groups -OCH3 is 1. The Morgan fingerprint density at radius 2 is 1.89 bits per heavy atom. The second-order valence-corrected chi connectivity index (χ2v) is 7.06. The molecule has 1 aromatic rings. The van der Waals surface area contributed by atoms with Crippen LogP contribution in [0.5, 0.6) is 5.75 Å². The van der Waals surface area contributed by atoms with Crippen LogP contribution in [0.15, 0.2) is 29.2 Å². The van der Waals surface area contributed by atoms with Gasteiger partial charge in [0.2, 0.25) is 0 Å². The van der Waals surface area contributed by atoms with Gasteiger partial charge < -0.3 is 10.5 Å². The Hall–Kier alpha value is -1.07. The third-order valence-electron chi connectivity index (χ3n) is 3.82. The van der Waals surface area contributed by atoms with Crippen molar-refractivity contribution in [1.82, 2.24) is 0 Å². The van der Waals surface area contributed by atoms with Crippen LogP contribution in [0.2, 0.25) is 0 Å². The number of hydrogen-bond donors (Lipinski definition) is 1. The molecule has 5 heteroatoms. The van der Waals surface area contributed by atoms with Crippen LogP contribution in [0.25, 0.3) is 0 Å². The second kappa shape index (κ2) is 4.90. The predicted molar refractivity (Wildman–Crippen MR) is 70.4 cm³/mol. The van der Waals surface area contributed by atoms with Gasteiger partial charge >= 0.3 is 0 Å². The zero-order chi connectivity index (χ0) is 13.2. The SMILES string of the molecule is COc1ccccc1S(=O)(=O)C1(CN)CCCC1. The Morgan fingerprint density at radius 1 is 1.28 bits per heavy atom. The number of sulfone groups is 1. The monoisotopic (exact) mass is 269 g/mol. The third-order valence-corrected chi connectivity index (χ3v) is 6.45. The summed E-state index contributed by atoms with van der Waals surface area (Å²) in [6.07, 6.45) is 3.13. The summed E-state index contributed by atoms with van der Waals surface area (Å²) in [5.41, 5.74) is 5.76. The summed E-state index contributed by atoms with van der Waals surface area (Å²) in [7, 11) is -1.96. The van der Waals surface area contributed by atoms with E-state index in [9.17, 15) is 8.42 Å². The molecule has 0 aliphatic heterocycles. The molecule has 2 rings (SSSR count). The molecule has 0 aromatic heterocycles. The molecule has 0 atom stereocenters. The van der Waals surface area contributed by atoms with E-state index in [0.717, 1.165) is 12.8 Å². The summed E-state index contributed by atoms with van der Waals surface area (Å²) in [5, 5.41) is 0. The van der Waals surface area contributed by atoms with Crippen molar-refractivity contribution < 1.29 is 13.2 Å². The molecular formula is C13H19NO3S. The molecule has 0 amide bonds. The van der Waals surface area contributed by atoms with Crippen molar-refractivity contribution in [3.05, 3.63) is 24.3 Å². The smallest absolute Gasteiger partial charge is 0.188 e. The van der Waals surface area contributed by atoms with E-state index in [1.807, 2.05) is 0 Å². The standard InChI is InChI=1S/C13H19NO3S/c1-17-11-6-2-3-7-12(11)18(15,16)13(10-14)8-4-5-9-13/h2-3,6-7H,4-5,8-10,14H2,1H3. The molecule has 0 spiro atoms. The highest BCUT2D eigenvalue weighted by atomic mass is 32.2. The lowest BCUT2D eigenvalue weighted by Gasteiger charge is -2.27. The lowest BCUT2D eigenvalue weighted by molar-refractivity contribution is 0.401. The van der Waals surface area contributed by atoms with Crippen molar-refractivity contribution in [3.8, 4) is 5.75 Å². The number of para-hydroxylation sites is 1. The number of ether oxygens (including phenoxy) is 1. The van der Waals surface area contributed by atoms with Gasteiger partial charge in [0, 0.05) is 6.54 Å². The van der Waals surface area contributed by atoms with Crippen molar-refractivity contribution in [2.45, 2.75) is 35.3 Å². The van der Waals surface area contributed by atoms with Gasteiger partial charge in [-0.25, -0.2) is 8.42 Å². The Morgan fingerprint density at radius 3 is 2.44 bits per heavy atom. The minimum Gasteiger partial charge on any atom is -0.495 e. The lowest BCUT2D eigenvalue weighted by Crippen LogP contribution is -2.43. The summed E-state index contributed by atoms with van der Waals surface area (Å²) in [6, 6.07) is 6.76. The molecule has 18 heavy (non-hydrogen) atoms. The fraction of sp³-hybridized carbons (Fsp3) is 0.538. The maximum atomic E-state index is 12.8. The van der Waals surface area contributed by atoms with Crippen molar-refractivity contribution in [2.75, 3.05) is 13.7 Å². The molecule has 0 saturated heterocycles. The first-order chi connectivity index (χ1) is 8.57. The van der Waals surface area contributed by atoms with Gasteiger partial charge in [0.1, 0.15) is 10.6 Å². The van der Waals surface area contributed by atoms with Gasteiger partial charge in [0.25, 0.3) is 0 Å². The number of nitrogens with two attached hydrogens (primary N) is 1. The van der Waals surface area contributed by atoms with E-state index in [2.05, 4.69) is 0 Å². The average Bonchev–Trinajstić information content (AvgIpc) is 2.89. The van der Waals surface area contributed by atoms with Crippen molar-refractivity contribution in [3.63, 3.8) is 0 Å². The van der Waals surface area contributed by atoms with Crippen LogP contribution >= 0.6 is 0 Å². The van der Waals surface area contributed by atoms with Crippen LogP contribution in [0, 0.1) is 0 Å². The highest BCUT2D eigenvalue weighted by Crippen LogP contribution is 2.41. The Balaban J connectivity index is 2.54. The molecular weight excluding hydrogens is 250 g/mol. The van der Waals surface area contributed by atoms with Gasteiger partial charge in [-0.05, 0) is 25.0 Å². The molecule has 2 N–H and O–H groups in total. The van der Waals surface area contributed by atoms with Crippen molar-refractivity contribution in [1.29, 1.82) is 0 Å². The van der Waals surface area contributed by atoms with Crippen LogP contribution in [0.3, 0.4) is 0 Å². The minimum absolute atomic E-state index is 0.174. The number of benzene rings is 1. The quantitative estimate of drug-likeness (QED) is 0.904. The fourth-order valence-electron chi connectivity index (χ4n) is 2.68. The first-order valence-electron chi connectivity index (χ1n) is 6.15. The topological polar surface area (TPSA) is 69.4 Å². The molecule has 100 valence electrons. The summed E-state index contributed by atoms with van der Waals surface area (Å²) >= 11 is 0. The van der Waals surface area contributed by atoms with E-state index in [0.29, 0.717) is 18.6 Å². The Labute approximate surface area is 108 Å². The van der Waals surface area contributed by atoms with Crippen molar-refractivity contribution in [2.24, 2.45) is 5.73 Å². The van der Waals surface area contributed by atoms with Gasteiger partial charge in [-0.1, -0.05) is 25.0 Å². The van der Waals surface area contributed by atoms with E-state index in [1.165, 1.54) is 7.11 Å². The summed E-state index contributed by atoms with van der Waals surface area (Å²) in [6.45, 7) is 0.174. The molecule has 0 heterocycles. The van der Waals surface area contributed by atoms with Crippen LogP contribution in [-0.4, -0.2) is 26.8 Å². The van der Waals surface area contributed by atoms with Gasteiger partial charge in [-0.3, -0.25) is 0 Å². The summed E-state index contributed by atoms with van der Waals surface area (Å²) < 4.78 is 30.0. The zero-order valence-corrected chi connectivity index (χ0v) is 11.4. The zero-order valence-electron chi connectivity index (χ0n) is 10.6. The van der Waals surface area contributed by atoms with E-state index in [4.69, 9.17) is 10.5 Å². The lowest BCUT2D eigenvalue weighted by atomic mass is 10.1. The third kappa shape index (κ3) is 1.91. The van der Waals surface area contributed by atoms with Crippen molar-refractivity contribution >= 4 is 9.84 Å². The van der Waals surface area contributed by atoms with Gasteiger partial charge in [0.05, 0.1) is 11.9 Å². The molecule has 1 saturated carbocycles. The molecule has 0 bridgehead atoms. The molecule has 0 unspecified atom stereocenters. The van der Waals surface area contributed by atoms with Gasteiger partial charge in [-0.2, -0.15) is 0 Å². The highest BCUT2D eigenvalue weighted by Gasteiger charge is 2.46. The van der Waals surface area contributed by atoms with E-state index in [-0.39, 0.29) is 11.4 Å². The maximum absolute atomic E-state index is 12.8. The van der Waals surface area contributed by atoms with E-state index in [1.54, 1.807) is 24.3 Å². The molecule has 1 aromatic carbocycles. The van der Waals surface area contributed by atoms with E-state index >= 15 is 0 Å². The first-order valence-corrected chi connectivity index (χ1v) is 7.63. The van der Waals surface area contributed by atoms with Gasteiger partial charge in [0.15, 0.2) is 9.84 Å². The highest BCUT2D eigenvalue weighted by molar-refractivity contribution is 7.93. The largest absolute Gasteiger partial charge is 0.495 e. The Bertz CT molecular complexity index is 519. The van der Waals surface area contributed by atoms with Crippen LogP contribution in [0.1, 0.15) is 25.7 Å². The van der Waals surface area contributed by atoms with Crippen LogP contribution < -0.4 is 10.5 Å². The first kappa shape index (κ1) is 13.4. The number of rotatable bonds is 4. The van der Waals surface area contributed by atoms with Gasteiger partial charge in [-0.15, -0.1) is 0 Å². The summed E-state index contributed by atoms with van der Waals surface area (Å²) in [4.78, 5) is 0.264. The van der Waals surface area contributed by atoms with E-state index < -0.39 is 14.6 Å². The molecule has 1 fully saturated rings. The molecule has 1 aliphatic carbocycles. The maximum Gasteiger partial charge on any atom is 0.188 e. The number of hydrogen-bond acceptors (Lipinski definition) is 4. The predicted octanol–water partition coefficient (Wildman–Crippen LogP) is 1.74. The van der Waals surface area contributed by atoms with Crippen LogP contribution in [-0.2, 0) is 9.84 Å². The molecule has 0 radical (unpaired) electrons. The Kier molecular flexibility index (Phi) is 3.64. The fourth-order valence-corrected chi connectivity index (χ4v) is 4.86. The molecule has 1 aliphatic rings. The minimum atomic E-state index is -3.44. The van der Waals surface area contributed by atoms with Crippen LogP contribution in [0.4, 0.5) is 0 Å².